The largest absolute Gasteiger partial charge is 1.00 e. The average molecular weight is 1450 g/mol. The average Bonchev–Trinajstić information content (AvgIpc) is 3.38. The Bertz CT molecular complexity index is 1900. The van der Waals surface area contributed by atoms with Gasteiger partial charge in [-0.1, -0.05) is 271 Å². The van der Waals surface area contributed by atoms with Crippen molar-refractivity contribution in [3.8, 4) is 0 Å². The van der Waals surface area contributed by atoms with Crippen LogP contribution >= 0.6 is 0 Å². The van der Waals surface area contributed by atoms with Crippen LogP contribution in [0.5, 0.6) is 0 Å². The topological polar surface area (TPSA) is 343 Å². The Morgan fingerprint density at radius 2 is 0.267 bits per heavy atom. The predicted molar refractivity (Wildman–Crippen MR) is 341 cm³/mol. The molecule has 0 aliphatic rings. The van der Waals surface area contributed by atoms with Crippen molar-refractivity contribution < 1.29 is 255 Å². The molecule has 0 aromatic carbocycles. The van der Waals surface area contributed by atoms with E-state index < -0.39 is 60.7 Å². The minimum absolute atomic E-state index is 0. The molecule has 0 aromatic rings. The molecule has 0 unspecified atom stereocenters. The molecule has 0 aliphatic heterocycles. The third-order valence-electron chi connectivity index (χ3n) is 11.9. The van der Waals surface area contributed by atoms with Crippen molar-refractivity contribution in [1.29, 1.82) is 0 Å². The van der Waals surface area contributed by atoms with Gasteiger partial charge >= 0.3 is 177 Å². The standard InChI is InChI=1S/6C10H20O3S.6Na/c6*1-2-3-4-5-6-7-8-9-10-14(11,12)13;;;;;;/h6*9-10H,2-8H2,1H3,(H,11,12,13);;;;;;/q;;;;;;6*+1/p-6. The first-order valence-electron chi connectivity index (χ1n) is 31.1. The van der Waals surface area contributed by atoms with Crippen molar-refractivity contribution in [3.05, 3.63) is 68.9 Å². The van der Waals surface area contributed by atoms with E-state index in [0.29, 0.717) is 38.5 Å². The molecule has 0 heterocycles. The van der Waals surface area contributed by atoms with Gasteiger partial charge in [0.05, 0.1) is 0 Å². The summed E-state index contributed by atoms with van der Waals surface area (Å²) in [5.74, 6) is 0. The van der Waals surface area contributed by atoms with Crippen LogP contribution in [0.3, 0.4) is 0 Å². The molecule has 0 atom stereocenters. The fraction of sp³-hybridized carbons (Fsp3) is 0.800. The molecule has 504 valence electrons. The SMILES string of the molecule is CCCCCCCCC=CS(=O)(=O)[O-].CCCCCCCCC=CS(=O)(=O)[O-].CCCCCCCCC=CS(=O)(=O)[O-].CCCCCCCCC=CS(=O)(=O)[O-].CCCCCCCCC=CS(=O)(=O)[O-].CCCCCCCCC=CS(=O)(=O)[O-].[Na+].[Na+].[Na+].[Na+].[Na+].[Na+]. The van der Waals surface area contributed by atoms with E-state index in [-0.39, 0.29) is 177 Å². The van der Waals surface area contributed by atoms with E-state index in [2.05, 4.69) is 41.5 Å². The van der Waals surface area contributed by atoms with Crippen molar-refractivity contribution in [1.82, 2.24) is 0 Å². The molecule has 0 amide bonds. The van der Waals surface area contributed by atoms with Crippen molar-refractivity contribution in [2.45, 2.75) is 311 Å². The van der Waals surface area contributed by atoms with Gasteiger partial charge in [-0.3, -0.25) is 0 Å². The molecule has 30 heteroatoms. The zero-order chi connectivity index (χ0) is 65.2. The summed E-state index contributed by atoms with van der Waals surface area (Å²) in [4.78, 5) is 0. The maximum Gasteiger partial charge on any atom is 1.00 e. The maximum absolute atomic E-state index is 10.2. The third-order valence-corrected chi connectivity index (χ3v) is 15.1. The van der Waals surface area contributed by atoms with E-state index >= 15 is 0 Å². The first-order chi connectivity index (χ1) is 39.4. The summed E-state index contributed by atoms with van der Waals surface area (Å²) in [7, 11) is -24.9. The number of unbranched alkanes of at least 4 members (excludes halogenated alkanes) is 36. The van der Waals surface area contributed by atoms with Gasteiger partial charge < -0.3 is 27.3 Å². The van der Waals surface area contributed by atoms with Gasteiger partial charge in [0, 0.05) is 32.4 Å². The van der Waals surface area contributed by atoms with Crippen molar-refractivity contribution in [2.24, 2.45) is 0 Å². The summed E-state index contributed by atoms with van der Waals surface area (Å²) in [6.07, 6.45) is 55.0. The Hall–Kier alpha value is 3.90. The second-order valence-corrected chi connectivity index (χ2v) is 28.1. The first-order valence-corrected chi connectivity index (χ1v) is 39.9. The van der Waals surface area contributed by atoms with E-state index in [4.69, 9.17) is 0 Å². The number of allylic oxidation sites excluding steroid dienone is 6. The fourth-order valence-electron chi connectivity index (χ4n) is 7.37. The molecule has 0 fully saturated rings. The molecule has 0 radical (unpaired) electrons. The van der Waals surface area contributed by atoms with Crippen LogP contribution in [0.15, 0.2) is 68.9 Å². The minimum Gasteiger partial charge on any atom is -0.744 e. The zero-order valence-electron chi connectivity index (χ0n) is 58.4. The summed E-state index contributed by atoms with van der Waals surface area (Å²) in [5, 5.41) is 4.49. The molecular weight excluding hydrogens is 1340 g/mol. The fourth-order valence-corrected chi connectivity index (χ4v) is 9.60. The summed E-state index contributed by atoms with van der Waals surface area (Å²) in [6, 6.07) is 0. The normalized spacial score (nSPS) is 11.6. The van der Waals surface area contributed by atoms with Crippen LogP contribution in [-0.2, 0) is 60.7 Å². The third kappa shape index (κ3) is 155. The van der Waals surface area contributed by atoms with Crippen molar-refractivity contribution in [3.63, 3.8) is 0 Å². The van der Waals surface area contributed by atoms with Crippen LogP contribution in [0.2, 0.25) is 0 Å². The molecule has 0 bridgehead atoms. The van der Waals surface area contributed by atoms with Gasteiger partial charge in [-0.05, 0) is 77.0 Å². The molecule has 0 aliphatic carbocycles. The van der Waals surface area contributed by atoms with Gasteiger partial charge in [-0.25, -0.2) is 50.5 Å². The summed E-state index contributed by atoms with van der Waals surface area (Å²) in [6.45, 7) is 13.0. The zero-order valence-corrected chi connectivity index (χ0v) is 75.3. The van der Waals surface area contributed by atoms with Crippen LogP contribution < -0.4 is 177 Å². The molecule has 0 saturated heterocycles. The summed E-state index contributed by atoms with van der Waals surface area (Å²) in [5.41, 5.74) is 0. The molecule has 90 heavy (non-hydrogen) atoms. The van der Waals surface area contributed by atoms with Crippen molar-refractivity contribution in [2.75, 3.05) is 0 Å². The minimum atomic E-state index is -4.16. The van der Waals surface area contributed by atoms with E-state index in [1.807, 2.05) is 0 Å². The van der Waals surface area contributed by atoms with Crippen LogP contribution in [-0.4, -0.2) is 77.8 Å². The Labute approximate surface area is 685 Å². The van der Waals surface area contributed by atoms with Crippen LogP contribution in [0, 0.1) is 0 Å². The summed E-state index contributed by atoms with van der Waals surface area (Å²) < 4.78 is 183. The van der Waals surface area contributed by atoms with E-state index in [0.717, 1.165) is 109 Å². The van der Waals surface area contributed by atoms with Gasteiger partial charge in [-0.15, -0.1) is 0 Å². The van der Waals surface area contributed by atoms with E-state index in [9.17, 15) is 77.8 Å². The first kappa shape index (κ1) is 121. The Morgan fingerprint density at radius 1 is 0.178 bits per heavy atom. The molecule has 0 aromatic heterocycles. The van der Waals surface area contributed by atoms with Gasteiger partial charge in [0.15, 0.2) is 0 Å². The molecule has 0 saturated carbocycles. The number of rotatable bonds is 48. The van der Waals surface area contributed by atoms with Gasteiger partial charge in [-0.2, -0.15) is 0 Å². The molecular formula is C60H114Na6O18S6. The second-order valence-electron chi connectivity index (χ2n) is 20.5. The Morgan fingerprint density at radius 3 is 0.356 bits per heavy atom. The van der Waals surface area contributed by atoms with Crippen LogP contribution in [0.4, 0.5) is 0 Å². The predicted octanol–water partition coefficient (Wildman–Crippen LogP) is -1.20. The maximum atomic E-state index is 10.2. The number of hydrogen-bond acceptors (Lipinski definition) is 18. The Kier molecular flexibility index (Phi) is 119. The number of hydrogen-bond donors (Lipinski definition) is 0. The van der Waals surface area contributed by atoms with E-state index in [1.54, 1.807) is 0 Å². The quantitative estimate of drug-likeness (QED) is 0.0392. The van der Waals surface area contributed by atoms with Crippen LogP contribution in [0.1, 0.15) is 311 Å². The van der Waals surface area contributed by atoms with Crippen molar-refractivity contribution >= 4 is 60.7 Å². The van der Waals surface area contributed by atoms with E-state index in [1.165, 1.54) is 191 Å². The molecule has 18 nitrogen and oxygen atoms in total. The molecule has 0 spiro atoms. The smallest absolute Gasteiger partial charge is 0.744 e. The second kappa shape index (κ2) is 89.0. The molecule has 0 rings (SSSR count). The van der Waals surface area contributed by atoms with Crippen LogP contribution in [0.25, 0.3) is 0 Å². The van der Waals surface area contributed by atoms with Gasteiger partial charge in [0.1, 0.15) is 60.7 Å². The monoisotopic (exact) mass is 1450 g/mol. The summed E-state index contributed by atoms with van der Waals surface area (Å²) >= 11 is 0. The Balaban J connectivity index is -0.0000000801. The van der Waals surface area contributed by atoms with Gasteiger partial charge in [0.2, 0.25) is 0 Å². The van der Waals surface area contributed by atoms with Gasteiger partial charge in [0.25, 0.3) is 0 Å². The molecule has 0 N–H and O–H groups in total.